The molecule has 2 bridgehead atoms. The first-order valence-electron chi connectivity index (χ1n) is 6.41. The Kier molecular flexibility index (Phi) is 2.12. The smallest absolute Gasteiger partial charge is 0.0608 e. The summed E-state index contributed by atoms with van der Waals surface area (Å²) in [5.41, 5.74) is 0. The zero-order chi connectivity index (χ0) is 9.71. The third-order valence-electron chi connectivity index (χ3n) is 5.02. The number of fused-ring (bicyclic) bond motifs is 5. The summed E-state index contributed by atoms with van der Waals surface area (Å²) in [4.78, 5) is 0. The van der Waals surface area contributed by atoms with Crippen molar-refractivity contribution < 1.29 is 4.74 Å². The summed E-state index contributed by atoms with van der Waals surface area (Å²) in [5, 5.41) is 0. The van der Waals surface area contributed by atoms with Crippen LogP contribution in [0.2, 0.25) is 0 Å². The summed E-state index contributed by atoms with van der Waals surface area (Å²) in [7, 11) is 0. The van der Waals surface area contributed by atoms with E-state index in [1.54, 1.807) is 0 Å². The predicted molar refractivity (Wildman–Crippen MR) is 57.0 cm³/mol. The molecule has 0 spiro atoms. The van der Waals surface area contributed by atoms with Gasteiger partial charge < -0.3 is 4.74 Å². The predicted octanol–water partition coefficient (Wildman–Crippen LogP) is 3.09. The van der Waals surface area contributed by atoms with E-state index in [1.807, 2.05) is 0 Å². The standard InChI is InChI=1S/C13H22O/c1-3-14-13-7-9-6-12(13)11-5-8(2)4-10(9)11/h8-13H,3-7H2,1-2H3/t8?,9?,10?,11?,12-,13?/m0/s1. The van der Waals surface area contributed by atoms with Gasteiger partial charge in [0, 0.05) is 6.61 Å². The van der Waals surface area contributed by atoms with Crippen molar-refractivity contribution in [2.45, 2.75) is 45.6 Å². The Hall–Kier alpha value is -0.0400. The van der Waals surface area contributed by atoms with E-state index in [4.69, 9.17) is 4.74 Å². The molecule has 3 aliphatic carbocycles. The molecule has 0 aliphatic heterocycles. The second-order valence-electron chi connectivity index (χ2n) is 5.79. The summed E-state index contributed by atoms with van der Waals surface area (Å²) in [5.74, 6) is 5.10. The maximum atomic E-state index is 5.88. The van der Waals surface area contributed by atoms with Crippen molar-refractivity contribution >= 4 is 0 Å². The van der Waals surface area contributed by atoms with Crippen molar-refractivity contribution in [2.24, 2.45) is 29.6 Å². The first-order valence-corrected chi connectivity index (χ1v) is 6.41. The first kappa shape index (κ1) is 9.21. The molecule has 3 saturated carbocycles. The van der Waals surface area contributed by atoms with Gasteiger partial charge in [-0.2, -0.15) is 0 Å². The second kappa shape index (κ2) is 3.23. The van der Waals surface area contributed by atoms with Gasteiger partial charge in [-0.15, -0.1) is 0 Å². The van der Waals surface area contributed by atoms with Gasteiger partial charge in [0.1, 0.15) is 0 Å². The van der Waals surface area contributed by atoms with Crippen LogP contribution in [0.3, 0.4) is 0 Å². The van der Waals surface area contributed by atoms with Gasteiger partial charge in [0.15, 0.2) is 0 Å². The molecule has 0 heterocycles. The van der Waals surface area contributed by atoms with E-state index < -0.39 is 0 Å². The highest BCUT2D eigenvalue weighted by molar-refractivity contribution is 5.04. The van der Waals surface area contributed by atoms with Crippen LogP contribution in [-0.2, 0) is 4.74 Å². The Morgan fingerprint density at radius 2 is 1.79 bits per heavy atom. The molecule has 5 unspecified atom stereocenters. The van der Waals surface area contributed by atoms with E-state index in [-0.39, 0.29) is 0 Å². The monoisotopic (exact) mass is 194 g/mol. The summed E-state index contributed by atoms with van der Waals surface area (Å²) in [6, 6.07) is 0. The Morgan fingerprint density at radius 1 is 1.00 bits per heavy atom. The van der Waals surface area contributed by atoms with Crippen LogP contribution in [0.5, 0.6) is 0 Å². The van der Waals surface area contributed by atoms with Crippen LogP contribution in [0.25, 0.3) is 0 Å². The van der Waals surface area contributed by atoms with Crippen LogP contribution in [0.4, 0.5) is 0 Å². The van der Waals surface area contributed by atoms with Crippen molar-refractivity contribution in [3.8, 4) is 0 Å². The Morgan fingerprint density at radius 3 is 2.57 bits per heavy atom. The zero-order valence-electron chi connectivity index (χ0n) is 9.41. The molecule has 0 aromatic rings. The molecule has 1 nitrogen and oxygen atoms in total. The van der Waals surface area contributed by atoms with Gasteiger partial charge in [0.05, 0.1) is 6.10 Å². The lowest BCUT2D eigenvalue weighted by Crippen LogP contribution is -2.30. The molecule has 0 aromatic heterocycles. The summed E-state index contributed by atoms with van der Waals surface area (Å²) in [6.45, 7) is 5.50. The van der Waals surface area contributed by atoms with Crippen LogP contribution in [-0.4, -0.2) is 12.7 Å². The van der Waals surface area contributed by atoms with E-state index in [0.717, 1.165) is 36.2 Å². The maximum Gasteiger partial charge on any atom is 0.0608 e. The second-order valence-corrected chi connectivity index (χ2v) is 5.79. The summed E-state index contributed by atoms with van der Waals surface area (Å²) >= 11 is 0. The molecule has 0 amide bonds. The van der Waals surface area contributed by atoms with E-state index in [1.165, 1.54) is 25.7 Å². The van der Waals surface area contributed by atoms with E-state index in [9.17, 15) is 0 Å². The number of ether oxygens (including phenoxy) is 1. The van der Waals surface area contributed by atoms with Gasteiger partial charge in [0.25, 0.3) is 0 Å². The number of hydrogen-bond donors (Lipinski definition) is 0. The summed E-state index contributed by atoms with van der Waals surface area (Å²) in [6.07, 6.45) is 6.52. The van der Waals surface area contributed by atoms with Gasteiger partial charge in [-0.3, -0.25) is 0 Å². The van der Waals surface area contributed by atoms with Crippen molar-refractivity contribution in [3.63, 3.8) is 0 Å². The molecule has 3 aliphatic rings. The molecule has 1 heteroatoms. The fraction of sp³-hybridized carbons (Fsp3) is 1.00. The maximum absolute atomic E-state index is 5.88. The molecule has 3 rings (SSSR count). The van der Waals surface area contributed by atoms with Crippen LogP contribution in [0.15, 0.2) is 0 Å². The molecular weight excluding hydrogens is 172 g/mol. The fourth-order valence-electron chi connectivity index (χ4n) is 4.69. The molecule has 6 atom stereocenters. The molecule has 0 N–H and O–H groups in total. The van der Waals surface area contributed by atoms with E-state index in [2.05, 4.69) is 13.8 Å². The van der Waals surface area contributed by atoms with E-state index >= 15 is 0 Å². The third-order valence-corrected chi connectivity index (χ3v) is 5.02. The number of rotatable bonds is 2. The van der Waals surface area contributed by atoms with Crippen molar-refractivity contribution in [2.75, 3.05) is 6.61 Å². The zero-order valence-corrected chi connectivity index (χ0v) is 9.41. The Balaban J connectivity index is 1.73. The molecule has 0 saturated heterocycles. The molecular formula is C13H22O. The van der Waals surface area contributed by atoms with Crippen LogP contribution in [0.1, 0.15) is 39.5 Å². The third kappa shape index (κ3) is 1.18. The van der Waals surface area contributed by atoms with Gasteiger partial charge in [0.2, 0.25) is 0 Å². The van der Waals surface area contributed by atoms with Gasteiger partial charge >= 0.3 is 0 Å². The molecule has 14 heavy (non-hydrogen) atoms. The molecule has 80 valence electrons. The average molecular weight is 194 g/mol. The molecule has 3 fully saturated rings. The highest BCUT2D eigenvalue weighted by Gasteiger charge is 2.55. The quantitative estimate of drug-likeness (QED) is 0.656. The van der Waals surface area contributed by atoms with Crippen molar-refractivity contribution in [1.29, 1.82) is 0 Å². The van der Waals surface area contributed by atoms with Crippen LogP contribution < -0.4 is 0 Å². The van der Waals surface area contributed by atoms with Gasteiger partial charge in [-0.05, 0) is 62.2 Å². The topological polar surface area (TPSA) is 9.23 Å². The molecule has 0 radical (unpaired) electrons. The van der Waals surface area contributed by atoms with Crippen LogP contribution in [0, 0.1) is 29.6 Å². The normalized spacial score (nSPS) is 55.3. The summed E-state index contributed by atoms with van der Waals surface area (Å²) < 4.78 is 5.88. The minimum absolute atomic E-state index is 0.636. The minimum atomic E-state index is 0.636. The fourth-order valence-corrected chi connectivity index (χ4v) is 4.69. The van der Waals surface area contributed by atoms with Crippen LogP contribution >= 0.6 is 0 Å². The van der Waals surface area contributed by atoms with Crippen molar-refractivity contribution in [3.05, 3.63) is 0 Å². The highest BCUT2D eigenvalue weighted by Crippen LogP contribution is 2.60. The minimum Gasteiger partial charge on any atom is -0.378 e. The lowest BCUT2D eigenvalue weighted by Gasteiger charge is -2.31. The average Bonchev–Trinajstić information content (AvgIpc) is 2.74. The highest BCUT2D eigenvalue weighted by atomic mass is 16.5. The lowest BCUT2D eigenvalue weighted by atomic mass is 9.80. The Labute approximate surface area is 87.2 Å². The van der Waals surface area contributed by atoms with Gasteiger partial charge in [-0.1, -0.05) is 6.92 Å². The molecule has 0 aromatic carbocycles. The lowest BCUT2D eigenvalue weighted by molar-refractivity contribution is -0.00393. The van der Waals surface area contributed by atoms with Gasteiger partial charge in [-0.25, -0.2) is 0 Å². The SMILES string of the molecule is CCOC1CC2C[C@H]1C1CC(C)CC21. The first-order chi connectivity index (χ1) is 6.79. The Bertz CT molecular complexity index is 225. The largest absolute Gasteiger partial charge is 0.378 e. The van der Waals surface area contributed by atoms with Crippen molar-refractivity contribution in [1.82, 2.24) is 0 Å². The van der Waals surface area contributed by atoms with E-state index in [0.29, 0.717) is 6.10 Å². The number of hydrogen-bond acceptors (Lipinski definition) is 1.